The molecule has 2 rings (SSSR count). The minimum absolute atomic E-state index is 0. The van der Waals surface area contributed by atoms with Gasteiger partial charge in [0.05, 0.1) is 0 Å². The Balaban J connectivity index is 0. The molecule has 0 amide bonds. The summed E-state index contributed by atoms with van der Waals surface area (Å²) in [4.78, 5) is 0. The smallest absolute Gasteiger partial charge is 1.00 e. The first-order valence-electron chi connectivity index (χ1n) is 8.43. The van der Waals surface area contributed by atoms with Gasteiger partial charge in [-0.3, -0.25) is 12.2 Å². The Morgan fingerprint density at radius 1 is 0.739 bits per heavy atom. The predicted molar refractivity (Wildman–Crippen MR) is 87.2 cm³/mol. The van der Waals surface area contributed by atoms with Crippen LogP contribution in [0.4, 0.5) is 0 Å². The molecule has 0 radical (unpaired) electrons. The number of allylic oxidation sites excluding steroid dienone is 8. The van der Waals surface area contributed by atoms with E-state index in [4.69, 9.17) is 0 Å². The van der Waals surface area contributed by atoms with Crippen LogP contribution < -0.4 is 24.8 Å². The zero-order valence-corrected chi connectivity index (χ0v) is 17.6. The summed E-state index contributed by atoms with van der Waals surface area (Å²) >= 11 is 0. The third kappa shape index (κ3) is 8.26. The molecule has 2 aliphatic carbocycles. The van der Waals surface area contributed by atoms with E-state index < -0.39 is 0 Å². The molecule has 0 N–H and O–H groups in total. The Morgan fingerprint density at radius 3 is 1.48 bits per heavy atom. The van der Waals surface area contributed by atoms with E-state index in [0.717, 1.165) is 12.8 Å². The molecule has 0 saturated heterocycles. The third-order valence-corrected chi connectivity index (χ3v) is 4.33. The van der Waals surface area contributed by atoms with Crippen LogP contribution >= 0.6 is 0 Å². The summed E-state index contributed by atoms with van der Waals surface area (Å²) in [6.45, 7) is 4.53. The predicted octanol–water partition coefficient (Wildman–Crippen LogP) is 0.272. The van der Waals surface area contributed by atoms with Crippen molar-refractivity contribution in [3.05, 3.63) is 46.6 Å². The molecule has 0 aromatic rings. The second kappa shape index (κ2) is 14.6. The Hall–Kier alpha value is 0.254. The summed E-state index contributed by atoms with van der Waals surface area (Å²) < 4.78 is 0. The van der Waals surface area contributed by atoms with Gasteiger partial charge in [-0.15, -0.1) is 25.7 Å². The van der Waals surface area contributed by atoms with Crippen LogP contribution in [0.5, 0.6) is 0 Å². The summed E-state index contributed by atoms with van der Waals surface area (Å²) in [5.74, 6) is 0. The van der Waals surface area contributed by atoms with Crippen LogP contribution in [0.15, 0.2) is 34.4 Å². The fraction of sp³-hybridized carbons (Fsp3) is 0.600. The van der Waals surface area contributed by atoms with Crippen molar-refractivity contribution in [2.45, 2.75) is 78.1 Å². The third-order valence-electron chi connectivity index (χ3n) is 4.33. The van der Waals surface area contributed by atoms with Gasteiger partial charge >= 0.3 is 21.7 Å². The van der Waals surface area contributed by atoms with Gasteiger partial charge in [-0.25, -0.2) is 11.1 Å². The molecule has 126 valence electrons. The van der Waals surface area contributed by atoms with Gasteiger partial charge in [0.2, 0.25) is 0 Å². The van der Waals surface area contributed by atoms with Gasteiger partial charge in [-0.1, -0.05) is 52.4 Å². The number of hydrogen-bond acceptors (Lipinski definition) is 0. The molecule has 0 atom stereocenters. The van der Waals surface area contributed by atoms with E-state index >= 15 is 0 Å². The quantitative estimate of drug-likeness (QED) is 0.394. The maximum atomic E-state index is 3.54. The molecule has 0 heterocycles. The van der Waals surface area contributed by atoms with Crippen LogP contribution in [0.1, 0.15) is 78.1 Å². The van der Waals surface area contributed by atoms with Gasteiger partial charge in [0.25, 0.3) is 0 Å². The van der Waals surface area contributed by atoms with E-state index in [-0.39, 0.29) is 46.5 Å². The topological polar surface area (TPSA) is 0 Å². The normalized spacial score (nSPS) is 15.6. The molecular formula is C20H28Cl2Ti. The van der Waals surface area contributed by atoms with E-state index in [1.807, 2.05) is 0 Å². The average Bonchev–Trinajstić information content (AvgIpc) is 3.09. The second-order valence-corrected chi connectivity index (χ2v) is 5.88. The number of unbranched alkanes of at least 4 members (excludes halogenated alkanes) is 2. The van der Waals surface area contributed by atoms with Crippen LogP contribution in [0.3, 0.4) is 0 Å². The van der Waals surface area contributed by atoms with Crippen molar-refractivity contribution < 1.29 is 46.5 Å². The van der Waals surface area contributed by atoms with Crippen LogP contribution in [0.2, 0.25) is 0 Å². The Kier molecular flexibility index (Phi) is 16.2. The molecule has 0 nitrogen and oxygen atoms in total. The van der Waals surface area contributed by atoms with E-state index in [1.165, 1.54) is 62.5 Å². The monoisotopic (exact) mass is 386 g/mol. The van der Waals surface area contributed by atoms with Gasteiger partial charge in [0, 0.05) is 0 Å². The van der Waals surface area contributed by atoms with Gasteiger partial charge in [0.15, 0.2) is 0 Å². The van der Waals surface area contributed by atoms with Gasteiger partial charge in [-0.05, 0) is 0 Å². The summed E-state index contributed by atoms with van der Waals surface area (Å²) in [6.07, 6.45) is 24.0. The summed E-state index contributed by atoms with van der Waals surface area (Å²) in [5, 5.41) is 0. The van der Waals surface area contributed by atoms with Gasteiger partial charge in [-0.2, -0.15) is 23.3 Å². The first-order chi connectivity index (χ1) is 9.85. The van der Waals surface area contributed by atoms with Crippen molar-refractivity contribution in [3.8, 4) is 0 Å². The minimum Gasteiger partial charge on any atom is -1.00 e. The van der Waals surface area contributed by atoms with E-state index in [9.17, 15) is 0 Å². The van der Waals surface area contributed by atoms with Crippen LogP contribution in [-0.4, -0.2) is 0 Å². The Bertz CT molecular complexity index is 403. The molecule has 0 bridgehead atoms. The number of halogens is 2. The first-order valence-corrected chi connectivity index (χ1v) is 8.43. The van der Waals surface area contributed by atoms with E-state index in [2.05, 4.69) is 38.2 Å². The summed E-state index contributed by atoms with van der Waals surface area (Å²) in [7, 11) is 0. The van der Waals surface area contributed by atoms with Crippen molar-refractivity contribution in [1.82, 2.24) is 0 Å². The molecular weight excluding hydrogens is 359 g/mol. The molecule has 23 heavy (non-hydrogen) atoms. The largest absolute Gasteiger partial charge is 4.00 e. The van der Waals surface area contributed by atoms with Crippen molar-refractivity contribution in [3.63, 3.8) is 0 Å². The zero-order valence-electron chi connectivity index (χ0n) is 14.5. The van der Waals surface area contributed by atoms with Crippen LogP contribution in [0, 0.1) is 12.2 Å². The van der Waals surface area contributed by atoms with Crippen molar-refractivity contribution >= 4 is 0 Å². The molecule has 0 aliphatic heterocycles. The van der Waals surface area contributed by atoms with Crippen molar-refractivity contribution in [2.75, 3.05) is 0 Å². The molecule has 0 aromatic carbocycles. The summed E-state index contributed by atoms with van der Waals surface area (Å²) in [6, 6.07) is 0. The van der Waals surface area contributed by atoms with E-state index in [1.54, 1.807) is 11.1 Å². The second-order valence-electron chi connectivity index (χ2n) is 5.88. The first kappa shape index (κ1) is 25.5. The molecule has 0 spiro atoms. The standard InChI is InChI=1S/C20H28.2ClH.Ti/c1-3-5-9-17-11-7-13-19(17)15-16-20-14-8-12-18(20)10-6-4-2;;;/h13-14H,3-10,15-16H2,1-2H3;2*1H;/q-2;;;+4/p-2. The fourth-order valence-corrected chi connectivity index (χ4v) is 3.05. The van der Waals surface area contributed by atoms with Crippen molar-refractivity contribution in [1.29, 1.82) is 0 Å². The number of rotatable bonds is 9. The number of hydrogen-bond donors (Lipinski definition) is 0. The molecule has 2 aliphatic rings. The van der Waals surface area contributed by atoms with Gasteiger partial charge in [0.1, 0.15) is 0 Å². The fourth-order valence-electron chi connectivity index (χ4n) is 3.05. The Labute approximate surface area is 170 Å². The van der Waals surface area contributed by atoms with E-state index in [0.29, 0.717) is 0 Å². The SMILES string of the molecule is CCCCC1=[C-]CC=C1CCC1=CC[C-]=C1CCCC.[Cl-].[Cl-].[Ti+4]. The zero-order chi connectivity index (χ0) is 14.2. The molecule has 0 fully saturated rings. The van der Waals surface area contributed by atoms with Crippen LogP contribution in [-0.2, 0) is 21.7 Å². The van der Waals surface area contributed by atoms with Gasteiger partial charge < -0.3 is 24.8 Å². The molecule has 0 saturated carbocycles. The van der Waals surface area contributed by atoms with Crippen LogP contribution in [0.25, 0.3) is 0 Å². The average molecular weight is 387 g/mol. The maximum absolute atomic E-state index is 3.54. The van der Waals surface area contributed by atoms with Crippen molar-refractivity contribution in [2.24, 2.45) is 0 Å². The Morgan fingerprint density at radius 2 is 1.13 bits per heavy atom. The molecule has 3 heteroatoms. The molecule has 0 aromatic heterocycles. The minimum atomic E-state index is 0. The maximum Gasteiger partial charge on any atom is 4.00 e. The summed E-state index contributed by atoms with van der Waals surface area (Å²) in [5.41, 5.74) is 6.16. The molecule has 0 unspecified atom stereocenters.